The summed E-state index contributed by atoms with van der Waals surface area (Å²) >= 11 is 12.1. The first-order chi connectivity index (χ1) is 15.4. The number of benzene rings is 2. The second-order valence-corrected chi connectivity index (χ2v) is 8.99. The Morgan fingerprint density at radius 3 is 2.28 bits per heavy atom. The van der Waals surface area contributed by atoms with E-state index in [-0.39, 0.29) is 35.4 Å². The molecule has 176 valence electrons. The fraction of sp³-hybridized carbons (Fsp3) is 0.500. The Morgan fingerprint density at radius 2 is 1.62 bits per heavy atom. The van der Waals surface area contributed by atoms with Crippen LogP contribution in [0.4, 0.5) is 5.69 Å². The molecule has 0 bridgehead atoms. The Morgan fingerprint density at radius 1 is 1.00 bits per heavy atom. The largest absolute Gasteiger partial charge is 0.504 e. The first-order valence-corrected chi connectivity index (χ1v) is 12.4. The van der Waals surface area contributed by atoms with Gasteiger partial charge in [-0.05, 0) is 49.1 Å². The predicted octanol–water partition coefficient (Wildman–Crippen LogP) is 8.10. The van der Waals surface area contributed by atoms with Gasteiger partial charge in [0, 0.05) is 5.02 Å². The van der Waals surface area contributed by atoms with E-state index in [1.807, 2.05) is 12.1 Å². The molecule has 2 aromatic rings. The fourth-order valence-corrected chi connectivity index (χ4v) is 3.94. The van der Waals surface area contributed by atoms with Gasteiger partial charge < -0.3 is 15.2 Å². The van der Waals surface area contributed by atoms with Crippen molar-refractivity contribution < 1.29 is 14.6 Å². The SMILES string of the molecule is CCCCCCCCCCc1ccc(OCCC(=O)Nc2cc(Cl)c(C)c(Cl)c2O)cc1. The maximum Gasteiger partial charge on any atom is 0.227 e. The van der Waals surface area contributed by atoms with Crippen molar-refractivity contribution in [2.45, 2.75) is 78.1 Å². The van der Waals surface area contributed by atoms with E-state index >= 15 is 0 Å². The summed E-state index contributed by atoms with van der Waals surface area (Å²) in [5, 5.41) is 13.2. The Bertz CT molecular complexity index is 853. The fourth-order valence-electron chi connectivity index (χ4n) is 3.49. The van der Waals surface area contributed by atoms with Gasteiger partial charge in [0.2, 0.25) is 5.91 Å². The number of carbonyl (C=O) groups is 1. The van der Waals surface area contributed by atoms with Crippen LogP contribution in [0.5, 0.6) is 11.5 Å². The molecule has 0 fully saturated rings. The number of hydrogen-bond donors (Lipinski definition) is 2. The zero-order chi connectivity index (χ0) is 23.3. The molecule has 0 saturated heterocycles. The van der Waals surface area contributed by atoms with Crippen LogP contribution in [0, 0.1) is 6.92 Å². The Balaban J connectivity index is 1.66. The van der Waals surface area contributed by atoms with Crippen molar-refractivity contribution in [1.29, 1.82) is 0 Å². The van der Waals surface area contributed by atoms with Gasteiger partial charge in [0.25, 0.3) is 0 Å². The minimum Gasteiger partial charge on any atom is -0.504 e. The molecule has 0 heterocycles. The lowest BCUT2D eigenvalue weighted by atomic mass is 10.0. The van der Waals surface area contributed by atoms with Crippen molar-refractivity contribution >= 4 is 34.8 Å². The molecule has 32 heavy (non-hydrogen) atoms. The molecule has 0 radical (unpaired) electrons. The van der Waals surface area contributed by atoms with Gasteiger partial charge in [0.05, 0.1) is 23.7 Å². The number of anilines is 1. The van der Waals surface area contributed by atoms with Crippen LogP contribution in [-0.2, 0) is 11.2 Å². The lowest BCUT2D eigenvalue weighted by molar-refractivity contribution is -0.116. The van der Waals surface area contributed by atoms with Crippen LogP contribution in [-0.4, -0.2) is 17.6 Å². The summed E-state index contributed by atoms with van der Waals surface area (Å²) in [6.45, 7) is 4.18. The van der Waals surface area contributed by atoms with E-state index in [9.17, 15) is 9.90 Å². The quantitative estimate of drug-likeness (QED) is 0.212. The number of ether oxygens (including phenoxy) is 1. The van der Waals surface area contributed by atoms with E-state index in [0.29, 0.717) is 10.6 Å². The molecule has 0 unspecified atom stereocenters. The highest BCUT2D eigenvalue weighted by molar-refractivity contribution is 6.37. The Labute approximate surface area is 202 Å². The van der Waals surface area contributed by atoms with E-state index in [0.717, 1.165) is 12.2 Å². The van der Waals surface area contributed by atoms with Gasteiger partial charge in [0.1, 0.15) is 5.75 Å². The number of phenols is 1. The monoisotopic (exact) mass is 479 g/mol. The van der Waals surface area contributed by atoms with E-state index in [1.165, 1.54) is 63.0 Å². The van der Waals surface area contributed by atoms with Gasteiger partial charge in [-0.2, -0.15) is 0 Å². The van der Waals surface area contributed by atoms with Gasteiger partial charge >= 0.3 is 0 Å². The highest BCUT2D eigenvalue weighted by atomic mass is 35.5. The summed E-state index contributed by atoms with van der Waals surface area (Å²) in [5.74, 6) is 0.263. The van der Waals surface area contributed by atoms with Crippen LogP contribution >= 0.6 is 23.2 Å². The third-order valence-electron chi connectivity index (χ3n) is 5.54. The van der Waals surface area contributed by atoms with E-state index in [4.69, 9.17) is 27.9 Å². The number of rotatable bonds is 14. The van der Waals surface area contributed by atoms with Crippen LogP contribution < -0.4 is 10.1 Å². The van der Waals surface area contributed by atoms with E-state index in [1.54, 1.807) is 6.92 Å². The van der Waals surface area contributed by atoms with E-state index in [2.05, 4.69) is 24.4 Å². The minimum absolute atomic E-state index is 0.135. The maximum absolute atomic E-state index is 12.2. The van der Waals surface area contributed by atoms with E-state index < -0.39 is 0 Å². The summed E-state index contributed by atoms with van der Waals surface area (Å²) in [5.41, 5.74) is 2.07. The number of phenolic OH excluding ortho intramolecular Hbond substituents is 1. The molecule has 1 amide bonds. The summed E-state index contributed by atoms with van der Waals surface area (Å²) in [6.07, 6.45) is 11.8. The number of carbonyl (C=O) groups excluding carboxylic acids is 1. The molecule has 0 atom stereocenters. The highest BCUT2D eigenvalue weighted by Crippen LogP contribution is 2.38. The summed E-state index contributed by atoms with van der Waals surface area (Å²) in [4.78, 5) is 12.2. The van der Waals surface area contributed by atoms with Gasteiger partial charge in [-0.15, -0.1) is 0 Å². The molecule has 0 aliphatic heterocycles. The average Bonchev–Trinajstić information content (AvgIpc) is 2.78. The Kier molecular flexibility index (Phi) is 11.8. The summed E-state index contributed by atoms with van der Waals surface area (Å²) < 4.78 is 5.68. The molecule has 6 heteroatoms. The standard InChI is InChI=1S/C26H35Cl2NO3/c1-3-4-5-6-7-8-9-10-11-20-12-14-21(15-13-20)32-17-16-24(30)29-23-18-22(27)19(2)25(28)26(23)31/h12-15,18,31H,3-11,16-17H2,1-2H3,(H,29,30). The lowest BCUT2D eigenvalue weighted by Crippen LogP contribution is -2.15. The average molecular weight is 480 g/mol. The van der Waals surface area contributed by atoms with Gasteiger partial charge in [-0.3, -0.25) is 4.79 Å². The molecule has 0 spiro atoms. The normalized spacial score (nSPS) is 10.9. The first-order valence-electron chi connectivity index (χ1n) is 11.6. The topological polar surface area (TPSA) is 58.6 Å². The number of hydrogen-bond acceptors (Lipinski definition) is 3. The van der Waals surface area contributed by atoms with Crippen LogP contribution in [0.15, 0.2) is 30.3 Å². The molecule has 0 saturated carbocycles. The third kappa shape index (κ3) is 8.91. The minimum atomic E-state index is -0.289. The van der Waals surface area contributed by atoms with Crippen LogP contribution in [0.2, 0.25) is 10.0 Å². The van der Waals surface area contributed by atoms with Crippen LogP contribution in [0.3, 0.4) is 0 Å². The van der Waals surface area contributed by atoms with Crippen molar-refractivity contribution in [3.8, 4) is 11.5 Å². The van der Waals surface area contributed by atoms with Crippen molar-refractivity contribution in [2.75, 3.05) is 11.9 Å². The number of unbranched alkanes of at least 4 members (excludes halogenated alkanes) is 7. The molecular weight excluding hydrogens is 445 g/mol. The van der Waals surface area contributed by atoms with Crippen molar-refractivity contribution in [2.24, 2.45) is 0 Å². The molecule has 0 aliphatic rings. The molecular formula is C26H35Cl2NO3. The maximum atomic E-state index is 12.2. The van der Waals surface area contributed by atoms with Crippen molar-refractivity contribution in [3.63, 3.8) is 0 Å². The molecule has 2 aromatic carbocycles. The number of amides is 1. The summed E-state index contributed by atoms with van der Waals surface area (Å²) in [7, 11) is 0. The second-order valence-electron chi connectivity index (χ2n) is 8.21. The number of halogens is 2. The van der Waals surface area contributed by atoms with Gasteiger partial charge in [-0.1, -0.05) is 87.2 Å². The number of nitrogens with one attached hydrogen (secondary N) is 1. The number of aromatic hydroxyl groups is 1. The molecule has 0 aromatic heterocycles. The smallest absolute Gasteiger partial charge is 0.227 e. The van der Waals surface area contributed by atoms with Crippen LogP contribution in [0.1, 0.15) is 75.8 Å². The molecule has 4 nitrogen and oxygen atoms in total. The zero-order valence-electron chi connectivity index (χ0n) is 19.2. The Hall–Kier alpha value is -1.91. The third-order valence-corrected chi connectivity index (χ3v) is 6.39. The molecule has 2 rings (SSSR count). The second kappa shape index (κ2) is 14.3. The predicted molar refractivity (Wildman–Crippen MR) is 134 cm³/mol. The number of aryl methyl sites for hydroxylation is 1. The van der Waals surface area contributed by atoms with Crippen LogP contribution in [0.25, 0.3) is 0 Å². The van der Waals surface area contributed by atoms with Gasteiger partial charge in [0.15, 0.2) is 5.75 Å². The van der Waals surface area contributed by atoms with Gasteiger partial charge in [-0.25, -0.2) is 0 Å². The highest BCUT2D eigenvalue weighted by Gasteiger charge is 2.14. The first kappa shape index (κ1) is 26.3. The summed E-state index contributed by atoms with van der Waals surface area (Å²) in [6, 6.07) is 9.56. The molecule has 0 aliphatic carbocycles. The van der Waals surface area contributed by atoms with Crippen molar-refractivity contribution in [1.82, 2.24) is 0 Å². The lowest BCUT2D eigenvalue weighted by Gasteiger charge is -2.12. The van der Waals surface area contributed by atoms with Crippen molar-refractivity contribution in [3.05, 3.63) is 51.5 Å². The zero-order valence-corrected chi connectivity index (χ0v) is 20.7. The molecule has 2 N–H and O–H groups in total.